The van der Waals surface area contributed by atoms with Gasteiger partial charge in [-0.3, -0.25) is 14.6 Å². The van der Waals surface area contributed by atoms with Crippen LogP contribution in [0.3, 0.4) is 0 Å². The second-order valence-corrected chi connectivity index (χ2v) is 6.86. The van der Waals surface area contributed by atoms with Crippen LogP contribution in [0.4, 0.5) is 5.69 Å². The molecule has 0 spiro atoms. The topological polar surface area (TPSA) is 84.6 Å². The first-order valence-corrected chi connectivity index (χ1v) is 7.97. The molecule has 2 rings (SSSR count). The van der Waals surface area contributed by atoms with Gasteiger partial charge in [0.25, 0.3) is 0 Å². The van der Waals surface area contributed by atoms with Crippen LogP contribution in [0.2, 0.25) is 0 Å². The maximum Gasteiger partial charge on any atom is 0.248 e. The van der Waals surface area contributed by atoms with Crippen molar-refractivity contribution in [1.82, 2.24) is 0 Å². The first-order valence-electron chi connectivity index (χ1n) is 6.11. The molecule has 0 radical (unpaired) electrons. The van der Waals surface area contributed by atoms with E-state index >= 15 is 0 Å². The van der Waals surface area contributed by atoms with Crippen LogP contribution in [0.15, 0.2) is 29.3 Å². The summed E-state index contributed by atoms with van der Waals surface area (Å²) in [4.78, 5) is 27.3. The van der Waals surface area contributed by atoms with E-state index in [1.807, 2.05) is 6.92 Å². The van der Waals surface area contributed by atoms with Crippen LogP contribution < -0.4 is 11.1 Å². The number of carbonyl (C=O) groups excluding carboxylic acids is 2. The average molecular weight is 309 g/mol. The Balaban J connectivity index is 1.91. The van der Waals surface area contributed by atoms with E-state index in [-0.39, 0.29) is 11.2 Å². The highest BCUT2D eigenvalue weighted by Crippen LogP contribution is 2.26. The predicted octanol–water partition coefficient (Wildman–Crippen LogP) is 1.95. The smallest absolute Gasteiger partial charge is 0.248 e. The summed E-state index contributed by atoms with van der Waals surface area (Å²) >= 11 is 3.15. The minimum atomic E-state index is -0.483. The zero-order valence-corrected chi connectivity index (χ0v) is 12.6. The van der Waals surface area contributed by atoms with E-state index in [1.165, 1.54) is 11.8 Å². The van der Waals surface area contributed by atoms with Gasteiger partial charge in [-0.15, -0.1) is 0 Å². The monoisotopic (exact) mass is 309 g/mol. The minimum absolute atomic E-state index is 0.0861. The highest BCUT2D eigenvalue weighted by molar-refractivity contribution is 8.39. The van der Waals surface area contributed by atoms with E-state index in [0.717, 1.165) is 16.7 Å². The van der Waals surface area contributed by atoms with Crippen LogP contribution in [0, 0.1) is 0 Å². The van der Waals surface area contributed by atoms with Crippen LogP contribution in [0.25, 0.3) is 0 Å². The number of nitrogens with zero attached hydrogens (tertiary/aromatic N) is 1. The number of aliphatic imine (C=N–C) groups is 1. The Kier molecular flexibility index (Phi) is 5.08. The van der Waals surface area contributed by atoms with Crippen LogP contribution in [0.1, 0.15) is 17.3 Å². The highest BCUT2D eigenvalue weighted by Gasteiger charge is 2.18. The van der Waals surface area contributed by atoms with Gasteiger partial charge in [-0.05, 0) is 31.2 Å². The third-order valence-corrected chi connectivity index (χ3v) is 4.94. The van der Waals surface area contributed by atoms with Crippen molar-refractivity contribution >= 4 is 45.4 Å². The quantitative estimate of drug-likeness (QED) is 0.890. The number of anilines is 1. The summed E-state index contributed by atoms with van der Waals surface area (Å²) in [6.07, 6.45) is 0. The molecule has 1 heterocycles. The fourth-order valence-corrected chi connectivity index (χ4v) is 3.68. The van der Waals surface area contributed by atoms with E-state index in [2.05, 4.69) is 10.3 Å². The first kappa shape index (κ1) is 14.9. The van der Waals surface area contributed by atoms with E-state index in [0.29, 0.717) is 11.3 Å². The Morgan fingerprint density at radius 2 is 2.10 bits per heavy atom. The second kappa shape index (κ2) is 6.81. The number of primary amides is 1. The van der Waals surface area contributed by atoms with E-state index in [4.69, 9.17) is 5.73 Å². The molecular weight excluding hydrogens is 294 g/mol. The van der Waals surface area contributed by atoms with Crippen LogP contribution in [-0.4, -0.2) is 33.7 Å². The number of carbonyl (C=O) groups is 2. The maximum absolute atomic E-state index is 12.0. The molecule has 1 aromatic rings. The minimum Gasteiger partial charge on any atom is -0.366 e. The lowest BCUT2D eigenvalue weighted by Crippen LogP contribution is -2.23. The van der Waals surface area contributed by atoms with E-state index in [1.54, 1.807) is 36.0 Å². The Labute approximate surface area is 125 Å². The number of benzene rings is 1. The third-order valence-electron chi connectivity index (χ3n) is 2.64. The molecule has 0 saturated carbocycles. The molecule has 0 bridgehead atoms. The molecule has 0 aromatic heterocycles. The molecule has 1 aromatic carbocycles. The van der Waals surface area contributed by atoms with Crippen molar-refractivity contribution in [2.75, 3.05) is 17.6 Å². The number of thioether (sulfide) groups is 2. The Hall–Kier alpha value is -1.47. The van der Waals surface area contributed by atoms with Gasteiger partial charge in [-0.1, -0.05) is 23.5 Å². The van der Waals surface area contributed by atoms with Crippen LogP contribution >= 0.6 is 23.5 Å². The van der Waals surface area contributed by atoms with Gasteiger partial charge in [0.05, 0.1) is 11.8 Å². The van der Waals surface area contributed by atoms with Gasteiger partial charge in [0.15, 0.2) is 0 Å². The molecule has 0 saturated heterocycles. The standard InChI is InChI=1S/C13H15N3O2S2/c1-8(20-13-15-6-7-19-13)12(18)16-10-4-2-9(3-5-10)11(14)17/h2-5,8H,6-7H2,1H3,(H2,14,17)(H,16,18)/t8-/m0/s1. The van der Waals surface area contributed by atoms with Gasteiger partial charge in [0, 0.05) is 17.0 Å². The molecule has 1 atom stereocenters. The molecular formula is C13H15N3O2S2. The van der Waals surface area contributed by atoms with Gasteiger partial charge < -0.3 is 11.1 Å². The van der Waals surface area contributed by atoms with Crippen molar-refractivity contribution in [3.05, 3.63) is 29.8 Å². The predicted molar refractivity (Wildman–Crippen MR) is 85.4 cm³/mol. The molecule has 2 amide bonds. The van der Waals surface area contributed by atoms with E-state index in [9.17, 15) is 9.59 Å². The van der Waals surface area contributed by atoms with Crippen LogP contribution in [-0.2, 0) is 4.79 Å². The van der Waals surface area contributed by atoms with Crippen molar-refractivity contribution in [2.24, 2.45) is 10.7 Å². The third kappa shape index (κ3) is 4.01. The molecule has 1 aliphatic rings. The Morgan fingerprint density at radius 1 is 1.40 bits per heavy atom. The number of rotatable bonds is 4. The lowest BCUT2D eigenvalue weighted by atomic mass is 10.2. The van der Waals surface area contributed by atoms with Gasteiger partial charge in [0.2, 0.25) is 11.8 Å². The van der Waals surface area contributed by atoms with E-state index < -0.39 is 5.91 Å². The fraction of sp³-hybridized carbons (Fsp3) is 0.308. The zero-order valence-electron chi connectivity index (χ0n) is 11.0. The van der Waals surface area contributed by atoms with Crippen molar-refractivity contribution in [3.8, 4) is 0 Å². The lowest BCUT2D eigenvalue weighted by molar-refractivity contribution is -0.115. The molecule has 20 heavy (non-hydrogen) atoms. The van der Waals surface area contributed by atoms with Crippen molar-refractivity contribution < 1.29 is 9.59 Å². The molecule has 0 unspecified atom stereocenters. The van der Waals surface area contributed by atoms with Gasteiger partial charge in [0.1, 0.15) is 4.38 Å². The summed E-state index contributed by atoms with van der Waals surface area (Å²) in [5, 5.41) is 2.59. The molecule has 0 fully saturated rings. The average Bonchev–Trinajstić information content (AvgIpc) is 2.92. The highest BCUT2D eigenvalue weighted by atomic mass is 32.2. The number of amides is 2. The normalized spacial score (nSPS) is 15.6. The SMILES string of the molecule is C[C@H](SC1=NCCS1)C(=O)Nc1ccc(C(N)=O)cc1. The zero-order chi connectivity index (χ0) is 14.5. The molecule has 106 valence electrons. The maximum atomic E-state index is 12.0. The summed E-state index contributed by atoms with van der Waals surface area (Å²) in [7, 11) is 0. The Bertz CT molecular complexity index is 543. The fourth-order valence-electron chi connectivity index (χ4n) is 1.55. The molecule has 7 heteroatoms. The number of nitrogens with two attached hydrogens (primary N) is 1. The lowest BCUT2D eigenvalue weighted by Gasteiger charge is -2.11. The molecule has 3 N–H and O–H groups in total. The summed E-state index contributed by atoms with van der Waals surface area (Å²) in [6.45, 7) is 2.68. The van der Waals surface area contributed by atoms with Crippen molar-refractivity contribution in [2.45, 2.75) is 12.2 Å². The molecule has 1 aliphatic heterocycles. The van der Waals surface area contributed by atoms with Gasteiger partial charge in [-0.25, -0.2) is 0 Å². The van der Waals surface area contributed by atoms with Crippen LogP contribution in [0.5, 0.6) is 0 Å². The summed E-state index contributed by atoms with van der Waals surface area (Å²) in [5.74, 6) is 0.422. The largest absolute Gasteiger partial charge is 0.366 e. The summed E-state index contributed by atoms with van der Waals surface area (Å²) in [6, 6.07) is 6.51. The second-order valence-electron chi connectivity index (χ2n) is 4.19. The van der Waals surface area contributed by atoms with Crippen molar-refractivity contribution in [1.29, 1.82) is 0 Å². The molecule has 0 aliphatic carbocycles. The molecule has 5 nitrogen and oxygen atoms in total. The number of nitrogens with one attached hydrogen (secondary N) is 1. The number of hydrogen-bond donors (Lipinski definition) is 2. The van der Waals surface area contributed by atoms with Gasteiger partial charge in [-0.2, -0.15) is 0 Å². The summed E-state index contributed by atoms with van der Waals surface area (Å²) in [5.41, 5.74) is 6.22. The van der Waals surface area contributed by atoms with Gasteiger partial charge >= 0.3 is 0 Å². The summed E-state index contributed by atoms with van der Waals surface area (Å²) < 4.78 is 0.969. The number of hydrogen-bond acceptors (Lipinski definition) is 5. The Morgan fingerprint density at radius 3 is 2.65 bits per heavy atom. The first-order chi connectivity index (χ1) is 9.56. The van der Waals surface area contributed by atoms with Crippen molar-refractivity contribution in [3.63, 3.8) is 0 Å².